The van der Waals surface area contributed by atoms with Gasteiger partial charge < -0.3 is 9.74 Å². The predicted octanol–water partition coefficient (Wildman–Crippen LogP) is 1.65. The van der Waals surface area contributed by atoms with Gasteiger partial charge in [0.25, 0.3) is 0 Å². The maximum Gasteiger partial charge on any atom is 0.408 e. The Morgan fingerprint density at radius 3 is 2.67 bits per heavy atom. The van der Waals surface area contributed by atoms with Gasteiger partial charge in [-0.1, -0.05) is 0 Å². The fourth-order valence-electron chi connectivity index (χ4n) is 1.74. The summed E-state index contributed by atoms with van der Waals surface area (Å²) in [6, 6.07) is 3.57. The highest BCUT2D eigenvalue weighted by Crippen LogP contribution is 2.20. The molecule has 0 atom stereocenters. The van der Waals surface area contributed by atoms with Crippen molar-refractivity contribution in [2.75, 3.05) is 25.1 Å². The fourth-order valence-corrected chi connectivity index (χ4v) is 1.74. The number of pyridine rings is 1. The fraction of sp³-hybridized carbons (Fsp3) is 0.500. The number of hydrogen-bond acceptors (Lipinski definition) is 4. The topological polar surface area (TPSA) is 45.4 Å². The van der Waals surface area contributed by atoms with Crippen molar-refractivity contribution in [1.82, 2.24) is 4.98 Å². The summed E-state index contributed by atoms with van der Waals surface area (Å²) in [5.41, 5.74) is 1.07. The molecule has 0 aliphatic carbocycles. The van der Waals surface area contributed by atoms with E-state index in [9.17, 15) is 4.91 Å². The summed E-state index contributed by atoms with van der Waals surface area (Å²) in [6.07, 6.45) is 4.17. The highest BCUT2D eigenvalue weighted by atomic mass is 16.8. The van der Waals surface area contributed by atoms with E-state index in [2.05, 4.69) is 14.7 Å². The molecule has 1 fully saturated rings. The molecule has 0 unspecified atom stereocenters. The Bertz CT molecular complexity index is 344. The number of hydrogen-bond donors (Lipinski definition) is 0. The molecule has 0 N–H and O–H groups in total. The van der Waals surface area contributed by atoms with Crippen LogP contribution < -0.4 is 4.90 Å². The van der Waals surface area contributed by atoms with E-state index in [1.54, 1.807) is 12.3 Å². The lowest BCUT2D eigenvalue weighted by Crippen LogP contribution is -2.17. The maximum absolute atomic E-state index is 11.1. The molecule has 5 heteroatoms. The van der Waals surface area contributed by atoms with Crippen LogP contribution in [0.15, 0.2) is 18.3 Å². The Kier molecular flexibility index (Phi) is 2.80. The third kappa shape index (κ3) is 2.06. The number of nitrogens with zero attached hydrogens (tertiary/aromatic N) is 3. The Morgan fingerprint density at radius 1 is 1.40 bits per heavy atom. The van der Waals surface area contributed by atoms with Gasteiger partial charge in [-0.25, -0.2) is 0 Å². The van der Waals surface area contributed by atoms with Crippen molar-refractivity contribution >= 4 is 11.5 Å². The molecule has 0 amide bonds. The standard InChI is InChI=1S/C10H14N3O2/c1-15-13(14)10-5-4-9(8-11-10)12-6-2-3-7-12/h4-5,8H,2-3,6-7H2,1H3/q+1. The lowest BCUT2D eigenvalue weighted by molar-refractivity contribution is -0.739. The molecule has 2 rings (SSSR count). The van der Waals surface area contributed by atoms with E-state index in [1.165, 1.54) is 20.0 Å². The SMILES string of the molecule is CO[N+](=O)c1ccc(N2CCCC2)cn1. The van der Waals surface area contributed by atoms with Crippen LogP contribution in [0.25, 0.3) is 0 Å². The predicted molar refractivity (Wildman–Crippen MR) is 56.0 cm³/mol. The second kappa shape index (κ2) is 4.25. The molecule has 1 aliphatic rings. The van der Waals surface area contributed by atoms with Crippen LogP contribution in [0.2, 0.25) is 0 Å². The zero-order valence-electron chi connectivity index (χ0n) is 8.72. The molecule has 1 aromatic rings. The first-order chi connectivity index (χ1) is 7.31. The molecule has 5 nitrogen and oxygen atoms in total. The van der Waals surface area contributed by atoms with Crippen molar-refractivity contribution in [3.63, 3.8) is 0 Å². The summed E-state index contributed by atoms with van der Waals surface area (Å²) < 4.78 is 0. The van der Waals surface area contributed by atoms with Crippen LogP contribution in [-0.4, -0.2) is 30.1 Å². The summed E-state index contributed by atoms with van der Waals surface area (Å²) in [6.45, 7) is 2.15. The Balaban J connectivity index is 2.12. The van der Waals surface area contributed by atoms with Crippen molar-refractivity contribution in [2.24, 2.45) is 0 Å². The minimum atomic E-state index is 0.278. The molecule has 1 saturated heterocycles. The van der Waals surface area contributed by atoms with Gasteiger partial charge in [-0.15, -0.1) is 0 Å². The molecule has 80 valence electrons. The van der Waals surface area contributed by atoms with Gasteiger partial charge in [0, 0.05) is 19.2 Å². The lowest BCUT2D eigenvalue weighted by Gasteiger charge is -2.14. The third-order valence-electron chi connectivity index (χ3n) is 2.56. The summed E-state index contributed by atoms with van der Waals surface area (Å²) >= 11 is 0. The Morgan fingerprint density at radius 2 is 2.13 bits per heavy atom. The van der Waals surface area contributed by atoms with Crippen LogP contribution in [0.4, 0.5) is 11.5 Å². The van der Waals surface area contributed by atoms with Crippen molar-refractivity contribution in [2.45, 2.75) is 12.8 Å². The van der Waals surface area contributed by atoms with E-state index in [0.29, 0.717) is 4.92 Å². The van der Waals surface area contributed by atoms with Gasteiger partial charge in [0.1, 0.15) is 7.11 Å². The van der Waals surface area contributed by atoms with Crippen LogP contribution in [-0.2, 0) is 4.84 Å². The van der Waals surface area contributed by atoms with Crippen LogP contribution in [0.1, 0.15) is 12.8 Å². The monoisotopic (exact) mass is 208 g/mol. The normalized spacial score (nSPS) is 15.4. The molecule has 0 aromatic carbocycles. The molecule has 2 heterocycles. The Hall–Kier alpha value is -1.65. The van der Waals surface area contributed by atoms with Gasteiger partial charge in [-0.3, -0.25) is 0 Å². The van der Waals surface area contributed by atoms with Crippen molar-refractivity contribution in [3.8, 4) is 0 Å². The van der Waals surface area contributed by atoms with Crippen LogP contribution in [0.3, 0.4) is 0 Å². The summed E-state index contributed by atoms with van der Waals surface area (Å²) in [4.78, 5) is 22.3. The second-order valence-electron chi connectivity index (χ2n) is 3.51. The van der Waals surface area contributed by atoms with Gasteiger partial charge in [-0.2, -0.15) is 0 Å². The van der Waals surface area contributed by atoms with Crippen molar-refractivity contribution in [3.05, 3.63) is 23.2 Å². The quantitative estimate of drug-likeness (QED) is 0.708. The van der Waals surface area contributed by atoms with Crippen LogP contribution >= 0.6 is 0 Å². The van der Waals surface area contributed by atoms with E-state index in [4.69, 9.17) is 0 Å². The minimum absolute atomic E-state index is 0.278. The first-order valence-corrected chi connectivity index (χ1v) is 5.03. The summed E-state index contributed by atoms with van der Waals surface area (Å²) in [7, 11) is 1.32. The molecular formula is C10H14N3O2+. The number of anilines is 1. The molecule has 0 saturated carbocycles. The largest absolute Gasteiger partial charge is 0.408 e. The lowest BCUT2D eigenvalue weighted by atomic mass is 10.4. The van der Waals surface area contributed by atoms with Gasteiger partial charge in [0.15, 0.2) is 11.1 Å². The molecule has 1 aromatic heterocycles. The zero-order chi connectivity index (χ0) is 10.7. The van der Waals surface area contributed by atoms with Gasteiger partial charge in [-0.05, 0) is 28.8 Å². The zero-order valence-corrected chi connectivity index (χ0v) is 8.72. The number of aromatic nitrogens is 1. The van der Waals surface area contributed by atoms with Gasteiger partial charge in [0.05, 0.1) is 5.69 Å². The van der Waals surface area contributed by atoms with Gasteiger partial charge >= 0.3 is 5.82 Å². The average molecular weight is 208 g/mol. The van der Waals surface area contributed by atoms with E-state index in [1.807, 2.05) is 6.07 Å². The van der Waals surface area contributed by atoms with E-state index < -0.39 is 0 Å². The van der Waals surface area contributed by atoms with Gasteiger partial charge in [0.2, 0.25) is 0 Å². The highest BCUT2D eigenvalue weighted by Gasteiger charge is 2.17. The molecule has 0 radical (unpaired) electrons. The molecule has 1 aliphatic heterocycles. The molecule has 0 spiro atoms. The molecule has 15 heavy (non-hydrogen) atoms. The maximum atomic E-state index is 11.1. The van der Waals surface area contributed by atoms with E-state index in [-0.39, 0.29) is 5.82 Å². The molecule has 0 bridgehead atoms. The second-order valence-corrected chi connectivity index (χ2v) is 3.51. The van der Waals surface area contributed by atoms with Crippen LogP contribution in [0, 0.1) is 4.91 Å². The summed E-state index contributed by atoms with van der Waals surface area (Å²) in [5.74, 6) is 0.278. The average Bonchev–Trinajstić information content (AvgIpc) is 2.82. The first kappa shape index (κ1) is 9.89. The Labute approximate surface area is 88.2 Å². The first-order valence-electron chi connectivity index (χ1n) is 5.03. The van der Waals surface area contributed by atoms with E-state index in [0.717, 1.165) is 18.8 Å². The highest BCUT2D eigenvalue weighted by molar-refractivity contribution is 5.46. The minimum Gasteiger partial charge on any atom is -0.368 e. The number of rotatable bonds is 3. The van der Waals surface area contributed by atoms with Crippen molar-refractivity contribution < 1.29 is 9.76 Å². The molecular weight excluding hydrogens is 194 g/mol. The van der Waals surface area contributed by atoms with E-state index >= 15 is 0 Å². The summed E-state index contributed by atoms with van der Waals surface area (Å²) in [5, 5.41) is 0. The third-order valence-corrected chi connectivity index (χ3v) is 2.56. The smallest absolute Gasteiger partial charge is 0.368 e. The van der Waals surface area contributed by atoms with Crippen molar-refractivity contribution in [1.29, 1.82) is 0 Å². The van der Waals surface area contributed by atoms with Crippen LogP contribution in [0.5, 0.6) is 0 Å².